The van der Waals surface area contributed by atoms with Crippen molar-refractivity contribution in [2.24, 2.45) is 0 Å². The molecule has 0 aromatic heterocycles. The molecule has 0 aliphatic heterocycles. The van der Waals surface area contributed by atoms with E-state index in [-0.39, 0.29) is 17.1 Å². The first-order valence-electron chi connectivity index (χ1n) is 1.24. The molecule has 0 aromatic carbocycles. The minimum atomic E-state index is 0. The van der Waals surface area contributed by atoms with Gasteiger partial charge in [0.1, 0.15) is 0 Å². The largest absolute Gasteiger partial charge is 2.00 e. The molecule has 0 bridgehead atoms. The summed E-state index contributed by atoms with van der Waals surface area (Å²) in [5.74, 6) is 0. The summed E-state index contributed by atoms with van der Waals surface area (Å²) in [7, 11) is 0. The van der Waals surface area contributed by atoms with E-state index in [0.29, 0.717) is 0 Å². The fourth-order valence-corrected chi connectivity index (χ4v) is 0. The Labute approximate surface area is 43.7 Å². The van der Waals surface area contributed by atoms with Gasteiger partial charge in [-0.3, -0.25) is 0 Å². The van der Waals surface area contributed by atoms with Crippen LogP contribution < -0.4 is 0 Å². The molecule has 0 unspecified atom stereocenters. The van der Waals surface area contributed by atoms with Crippen LogP contribution >= 0.6 is 0 Å². The topological polar surface area (TPSA) is 0 Å². The van der Waals surface area contributed by atoms with Crippen LogP contribution in [0.15, 0.2) is 6.08 Å². The van der Waals surface area contributed by atoms with Gasteiger partial charge in [-0.25, -0.2) is 0 Å². The molecule has 5 heavy (non-hydrogen) atoms. The van der Waals surface area contributed by atoms with Gasteiger partial charge in [0.25, 0.3) is 0 Å². The second-order valence-corrected chi connectivity index (χ2v) is 0.524. The zero-order valence-electron chi connectivity index (χ0n) is 2.92. The second-order valence-electron chi connectivity index (χ2n) is 0.524. The summed E-state index contributed by atoms with van der Waals surface area (Å²) in [4.78, 5) is 0. The fourth-order valence-electron chi connectivity index (χ4n) is 0. The molecule has 0 aromatic rings. The number of allylic oxidation sites excluding steroid dienone is 1. The van der Waals surface area contributed by atoms with Crippen molar-refractivity contribution in [3.8, 4) is 0 Å². The van der Waals surface area contributed by atoms with Crippen molar-refractivity contribution in [1.29, 1.82) is 0 Å². The average Bonchev–Trinajstić information content (AvgIpc) is 1.37. The van der Waals surface area contributed by atoms with Gasteiger partial charge in [0, 0.05) is 0 Å². The van der Waals surface area contributed by atoms with Gasteiger partial charge < -0.3 is 19.6 Å². The molecule has 0 atom stereocenters. The van der Waals surface area contributed by atoms with Crippen LogP contribution in [-0.4, -0.2) is 0 Å². The first-order valence-corrected chi connectivity index (χ1v) is 1.24. The maximum absolute atomic E-state index is 4.84. The maximum atomic E-state index is 4.84. The van der Waals surface area contributed by atoms with Crippen molar-refractivity contribution >= 4 is 0 Å². The van der Waals surface area contributed by atoms with E-state index in [1.165, 1.54) is 6.08 Å². The molecule has 1 heteroatoms. The molecule has 0 nitrogen and oxygen atoms in total. The van der Waals surface area contributed by atoms with Crippen molar-refractivity contribution in [1.82, 2.24) is 0 Å². The molecule has 0 spiro atoms. The van der Waals surface area contributed by atoms with Crippen LogP contribution in [0.4, 0.5) is 0 Å². The Balaban J connectivity index is 0. The maximum Gasteiger partial charge on any atom is 2.00 e. The normalized spacial score (nSPS) is 5.00. The summed E-state index contributed by atoms with van der Waals surface area (Å²) in [6.07, 6.45) is 2.24. The third-order valence-electron chi connectivity index (χ3n) is 0.167. The summed E-state index contributed by atoms with van der Waals surface area (Å²) in [6, 6.07) is 0. The summed E-state index contributed by atoms with van der Waals surface area (Å²) < 4.78 is 0. The van der Waals surface area contributed by atoms with Crippen molar-refractivity contribution < 1.29 is 17.1 Å². The van der Waals surface area contributed by atoms with Crippen LogP contribution in [0.3, 0.4) is 0 Å². The summed E-state index contributed by atoms with van der Waals surface area (Å²) in [5, 5.41) is 0. The molecule has 0 saturated carbocycles. The van der Waals surface area contributed by atoms with Crippen LogP contribution in [0.5, 0.6) is 0 Å². The number of hydrogen-bond donors (Lipinski definition) is 0. The van der Waals surface area contributed by atoms with Crippen LogP contribution in [-0.2, 0) is 17.1 Å². The SMILES string of the molecule is [CH-]=CC[CH2-].[Fe+2]. The van der Waals surface area contributed by atoms with Crippen LogP contribution in [0.2, 0.25) is 0 Å². The van der Waals surface area contributed by atoms with Gasteiger partial charge in [-0.2, -0.15) is 6.42 Å². The van der Waals surface area contributed by atoms with E-state index >= 15 is 0 Å². The predicted octanol–water partition coefficient (Wildman–Crippen LogP) is 1.20. The fraction of sp³-hybridized carbons (Fsp3) is 0.250. The second kappa shape index (κ2) is 8.86. The first-order chi connectivity index (χ1) is 1.91. The molecule has 0 fully saturated rings. The van der Waals surface area contributed by atoms with E-state index in [9.17, 15) is 0 Å². The Morgan fingerprint density at radius 2 is 2.00 bits per heavy atom. The Morgan fingerprint density at radius 1 is 1.80 bits per heavy atom. The van der Waals surface area contributed by atoms with Gasteiger partial charge in [0.2, 0.25) is 0 Å². The zero-order valence-corrected chi connectivity index (χ0v) is 4.03. The van der Waals surface area contributed by atoms with Crippen molar-refractivity contribution in [3.63, 3.8) is 0 Å². The first kappa shape index (κ1) is 8.98. The van der Waals surface area contributed by atoms with E-state index in [0.717, 1.165) is 6.42 Å². The Hall–Kier alpha value is 0.259. The molecule has 0 aliphatic rings. The summed E-state index contributed by atoms with van der Waals surface area (Å²) in [5.41, 5.74) is 0. The number of rotatable bonds is 1. The van der Waals surface area contributed by atoms with Crippen LogP contribution in [0.1, 0.15) is 6.42 Å². The third kappa shape index (κ3) is 13.7. The molecular weight excluding hydrogens is 104 g/mol. The van der Waals surface area contributed by atoms with Gasteiger partial charge in [0.15, 0.2) is 0 Å². The predicted molar refractivity (Wildman–Crippen MR) is 18.8 cm³/mol. The van der Waals surface area contributed by atoms with Gasteiger partial charge in [-0.1, -0.05) is 0 Å². The van der Waals surface area contributed by atoms with Crippen molar-refractivity contribution in [2.45, 2.75) is 6.42 Å². The average molecular weight is 110 g/mol. The molecule has 0 aliphatic carbocycles. The van der Waals surface area contributed by atoms with E-state index < -0.39 is 0 Å². The van der Waals surface area contributed by atoms with Gasteiger partial charge in [-0.15, -0.1) is 0 Å². The van der Waals surface area contributed by atoms with Crippen LogP contribution in [0.25, 0.3) is 0 Å². The third-order valence-corrected chi connectivity index (χ3v) is 0.167. The summed E-state index contributed by atoms with van der Waals surface area (Å²) in [6.45, 7) is 8.26. The quantitative estimate of drug-likeness (QED) is 0.351. The van der Waals surface area contributed by atoms with E-state index in [1.54, 1.807) is 0 Å². The molecule has 30 valence electrons. The van der Waals surface area contributed by atoms with Crippen molar-refractivity contribution in [3.05, 3.63) is 19.6 Å². The molecule has 0 N–H and O–H groups in total. The van der Waals surface area contributed by atoms with Crippen LogP contribution in [0, 0.1) is 13.5 Å². The minimum absolute atomic E-state index is 0. The van der Waals surface area contributed by atoms with Crippen molar-refractivity contribution in [2.75, 3.05) is 0 Å². The number of hydrogen-bond acceptors (Lipinski definition) is 0. The Bertz CT molecular complexity index is 17.6. The zero-order chi connectivity index (χ0) is 3.41. The van der Waals surface area contributed by atoms with E-state index in [1.807, 2.05) is 0 Å². The van der Waals surface area contributed by atoms with E-state index in [4.69, 9.17) is 6.58 Å². The van der Waals surface area contributed by atoms with Gasteiger partial charge in [0.05, 0.1) is 0 Å². The standard InChI is InChI=1S/C4H6.Fe/c1-3-4-2;/h1,3H,2,4H2;/q-2;+2. The summed E-state index contributed by atoms with van der Waals surface area (Å²) >= 11 is 0. The molecule has 0 rings (SSSR count). The van der Waals surface area contributed by atoms with Gasteiger partial charge in [-0.05, 0) is 0 Å². The van der Waals surface area contributed by atoms with E-state index in [2.05, 4.69) is 6.92 Å². The van der Waals surface area contributed by atoms with Gasteiger partial charge >= 0.3 is 17.1 Å². The Morgan fingerprint density at radius 3 is 2.00 bits per heavy atom. The molecule has 0 amide bonds. The monoisotopic (exact) mass is 110 g/mol. The molecule has 0 radical (unpaired) electrons. The Kier molecular flexibility index (Phi) is 15.9. The smallest absolute Gasteiger partial charge is 0.520 e. The molecule has 0 saturated heterocycles. The molecule has 0 heterocycles. The molecular formula is C4H6Fe. The minimum Gasteiger partial charge on any atom is -0.520 e.